The minimum absolute atomic E-state index is 0.153. The molecule has 3 N–H and O–H groups in total. The first-order valence-electron chi connectivity index (χ1n) is 3.68. The maximum Gasteiger partial charge on any atom is 0.192 e. The van der Waals surface area contributed by atoms with Gasteiger partial charge >= 0.3 is 0 Å². The van der Waals surface area contributed by atoms with Crippen molar-refractivity contribution in [1.82, 2.24) is 0 Å². The summed E-state index contributed by atoms with van der Waals surface area (Å²) in [6.45, 7) is 0. The molecule has 0 heterocycles. The van der Waals surface area contributed by atoms with Crippen LogP contribution in [0.5, 0.6) is 0 Å². The Morgan fingerprint density at radius 2 is 1.93 bits per heavy atom. The summed E-state index contributed by atoms with van der Waals surface area (Å²) in [5, 5.41) is 2.96. The number of halogens is 3. The van der Waals surface area contributed by atoms with Gasteiger partial charge in [-0.3, -0.25) is 4.99 Å². The van der Waals surface area contributed by atoms with Gasteiger partial charge in [-0.05, 0) is 12.1 Å². The van der Waals surface area contributed by atoms with Crippen LogP contribution in [0.2, 0.25) is 10.0 Å². The number of anilines is 1. The van der Waals surface area contributed by atoms with Crippen LogP contribution in [0, 0.1) is 5.82 Å². The van der Waals surface area contributed by atoms with Gasteiger partial charge in [-0.1, -0.05) is 23.2 Å². The molecule has 0 spiro atoms. The Kier molecular flexibility index (Phi) is 3.55. The number of hydrogen-bond acceptors (Lipinski definition) is 1. The van der Waals surface area contributed by atoms with Crippen molar-refractivity contribution in [2.24, 2.45) is 10.7 Å². The standard InChI is InChI=1S/C8H8Cl2FN3/c1-13-8(12)14-7-5(9)2-4(11)3-6(7)10/h2-3H,1H3,(H3,12,13,14). The van der Waals surface area contributed by atoms with E-state index in [2.05, 4.69) is 10.3 Å². The molecular formula is C8H8Cl2FN3. The lowest BCUT2D eigenvalue weighted by Gasteiger charge is -2.08. The number of aliphatic imine (C=N–C) groups is 1. The number of nitrogens with two attached hydrogens (primary N) is 1. The molecule has 1 aromatic carbocycles. The molecule has 3 nitrogen and oxygen atoms in total. The summed E-state index contributed by atoms with van der Waals surface area (Å²) in [5.41, 5.74) is 5.75. The number of rotatable bonds is 1. The second-order valence-electron chi connectivity index (χ2n) is 2.48. The Balaban J connectivity index is 3.09. The molecule has 0 fully saturated rings. The van der Waals surface area contributed by atoms with Crippen LogP contribution in [-0.2, 0) is 0 Å². The summed E-state index contributed by atoms with van der Waals surface area (Å²) in [6, 6.07) is 2.28. The number of nitrogens with zero attached hydrogens (tertiary/aromatic N) is 1. The molecule has 0 aliphatic heterocycles. The SMILES string of the molecule is CN=C(N)Nc1c(Cl)cc(F)cc1Cl. The van der Waals surface area contributed by atoms with Gasteiger partial charge in [0.05, 0.1) is 15.7 Å². The fourth-order valence-electron chi connectivity index (χ4n) is 0.846. The Hall–Kier alpha value is -1.00. The molecule has 0 bridgehead atoms. The Bertz CT molecular complexity index is 356. The minimum Gasteiger partial charge on any atom is -0.370 e. The van der Waals surface area contributed by atoms with Crippen molar-refractivity contribution in [2.45, 2.75) is 0 Å². The molecule has 0 atom stereocenters. The highest BCUT2D eigenvalue weighted by atomic mass is 35.5. The van der Waals surface area contributed by atoms with Gasteiger partial charge in [0.2, 0.25) is 0 Å². The lowest BCUT2D eigenvalue weighted by Crippen LogP contribution is -2.22. The smallest absolute Gasteiger partial charge is 0.192 e. The number of guanidine groups is 1. The van der Waals surface area contributed by atoms with E-state index < -0.39 is 5.82 Å². The van der Waals surface area contributed by atoms with E-state index in [0.717, 1.165) is 12.1 Å². The highest BCUT2D eigenvalue weighted by Gasteiger charge is 2.08. The molecule has 0 unspecified atom stereocenters. The average molecular weight is 236 g/mol. The predicted octanol–water partition coefficient (Wildman–Crippen LogP) is 2.49. The van der Waals surface area contributed by atoms with Gasteiger partial charge in [-0.15, -0.1) is 0 Å². The summed E-state index contributed by atoms with van der Waals surface area (Å²) in [4.78, 5) is 3.66. The van der Waals surface area contributed by atoms with Gasteiger partial charge in [0.25, 0.3) is 0 Å². The third-order valence-corrected chi connectivity index (χ3v) is 2.10. The van der Waals surface area contributed by atoms with Gasteiger partial charge < -0.3 is 11.1 Å². The highest BCUT2D eigenvalue weighted by Crippen LogP contribution is 2.30. The van der Waals surface area contributed by atoms with E-state index in [1.807, 2.05) is 0 Å². The molecule has 1 rings (SSSR count). The molecule has 0 saturated heterocycles. The minimum atomic E-state index is -0.502. The van der Waals surface area contributed by atoms with Crippen LogP contribution >= 0.6 is 23.2 Å². The van der Waals surface area contributed by atoms with E-state index in [1.54, 1.807) is 0 Å². The zero-order valence-electron chi connectivity index (χ0n) is 7.31. The Labute approximate surface area is 90.7 Å². The van der Waals surface area contributed by atoms with E-state index in [1.165, 1.54) is 7.05 Å². The number of nitrogens with one attached hydrogen (secondary N) is 1. The van der Waals surface area contributed by atoms with Gasteiger partial charge in [-0.2, -0.15) is 0 Å². The highest BCUT2D eigenvalue weighted by molar-refractivity contribution is 6.39. The maximum atomic E-state index is 12.8. The molecule has 0 radical (unpaired) electrons. The first-order valence-corrected chi connectivity index (χ1v) is 4.44. The van der Waals surface area contributed by atoms with E-state index in [0.29, 0.717) is 5.69 Å². The zero-order valence-corrected chi connectivity index (χ0v) is 8.83. The molecule has 0 aliphatic carbocycles. The van der Waals surface area contributed by atoms with Gasteiger partial charge in [-0.25, -0.2) is 4.39 Å². The molecule has 14 heavy (non-hydrogen) atoms. The van der Waals surface area contributed by atoms with Gasteiger partial charge in [0.15, 0.2) is 5.96 Å². The topological polar surface area (TPSA) is 50.4 Å². The Morgan fingerprint density at radius 3 is 2.36 bits per heavy atom. The van der Waals surface area contributed by atoms with Crippen molar-refractivity contribution >= 4 is 34.8 Å². The molecule has 0 saturated carbocycles. The van der Waals surface area contributed by atoms with Gasteiger partial charge in [0.1, 0.15) is 5.82 Å². The predicted molar refractivity (Wildman–Crippen MR) is 57.6 cm³/mol. The molecular weight excluding hydrogens is 228 g/mol. The van der Waals surface area contributed by atoms with Crippen LogP contribution < -0.4 is 11.1 Å². The normalized spacial score (nSPS) is 11.6. The van der Waals surface area contributed by atoms with Gasteiger partial charge in [0, 0.05) is 7.05 Å². The average Bonchev–Trinajstić information content (AvgIpc) is 2.10. The fraction of sp³-hybridized carbons (Fsp3) is 0.125. The van der Waals surface area contributed by atoms with Crippen molar-refractivity contribution in [1.29, 1.82) is 0 Å². The van der Waals surface area contributed by atoms with E-state index in [-0.39, 0.29) is 16.0 Å². The van der Waals surface area contributed by atoms with Crippen LogP contribution in [0.3, 0.4) is 0 Å². The molecule has 76 valence electrons. The van der Waals surface area contributed by atoms with Crippen LogP contribution in [0.4, 0.5) is 10.1 Å². The third-order valence-electron chi connectivity index (χ3n) is 1.50. The van der Waals surface area contributed by atoms with Crippen molar-refractivity contribution < 1.29 is 4.39 Å². The second kappa shape index (κ2) is 4.48. The summed E-state index contributed by atoms with van der Waals surface area (Å²) < 4.78 is 12.8. The van der Waals surface area contributed by atoms with Crippen molar-refractivity contribution in [3.63, 3.8) is 0 Å². The summed E-state index contributed by atoms with van der Waals surface area (Å²) in [7, 11) is 1.51. The zero-order chi connectivity index (χ0) is 10.7. The first kappa shape index (κ1) is 11.1. The van der Waals surface area contributed by atoms with Crippen LogP contribution in [0.25, 0.3) is 0 Å². The van der Waals surface area contributed by atoms with Crippen molar-refractivity contribution in [3.8, 4) is 0 Å². The van der Waals surface area contributed by atoms with E-state index >= 15 is 0 Å². The molecule has 0 aromatic heterocycles. The maximum absolute atomic E-state index is 12.8. The monoisotopic (exact) mass is 235 g/mol. The van der Waals surface area contributed by atoms with Crippen LogP contribution in [0.1, 0.15) is 0 Å². The quantitative estimate of drug-likeness (QED) is 0.581. The molecule has 1 aromatic rings. The third kappa shape index (κ3) is 2.49. The molecule has 6 heteroatoms. The lowest BCUT2D eigenvalue weighted by atomic mass is 10.3. The molecule has 0 aliphatic rings. The summed E-state index contributed by atoms with van der Waals surface area (Å²) in [5.74, 6) is -0.349. The molecule has 0 amide bonds. The Morgan fingerprint density at radius 1 is 1.43 bits per heavy atom. The fourth-order valence-corrected chi connectivity index (χ4v) is 1.40. The van der Waals surface area contributed by atoms with E-state index in [4.69, 9.17) is 28.9 Å². The number of benzene rings is 1. The largest absolute Gasteiger partial charge is 0.370 e. The van der Waals surface area contributed by atoms with Crippen molar-refractivity contribution in [2.75, 3.05) is 12.4 Å². The van der Waals surface area contributed by atoms with Crippen LogP contribution in [0.15, 0.2) is 17.1 Å². The summed E-state index contributed by atoms with van der Waals surface area (Å²) in [6.07, 6.45) is 0. The lowest BCUT2D eigenvalue weighted by molar-refractivity contribution is 0.628. The summed E-state index contributed by atoms with van der Waals surface area (Å²) >= 11 is 11.5. The number of hydrogen-bond donors (Lipinski definition) is 2. The van der Waals surface area contributed by atoms with Crippen molar-refractivity contribution in [3.05, 3.63) is 28.0 Å². The van der Waals surface area contributed by atoms with Crippen LogP contribution in [-0.4, -0.2) is 13.0 Å². The van der Waals surface area contributed by atoms with E-state index in [9.17, 15) is 4.39 Å². The second-order valence-corrected chi connectivity index (χ2v) is 3.29. The first-order chi connectivity index (χ1) is 6.54.